The Morgan fingerprint density at radius 2 is 2.21 bits per heavy atom. The summed E-state index contributed by atoms with van der Waals surface area (Å²) in [6, 6.07) is 4.41. The molecule has 0 amide bonds. The van der Waals surface area contributed by atoms with E-state index >= 15 is 0 Å². The van der Waals surface area contributed by atoms with Crippen molar-refractivity contribution in [1.82, 2.24) is 4.98 Å². The van der Waals surface area contributed by atoms with Crippen LogP contribution in [-0.4, -0.2) is 4.98 Å². The van der Waals surface area contributed by atoms with E-state index in [2.05, 4.69) is 4.98 Å². The third kappa shape index (κ3) is 1.46. The van der Waals surface area contributed by atoms with Gasteiger partial charge in [0.25, 0.3) is 0 Å². The third-order valence-electron chi connectivity index (χ3n) is 1.84. The second-order valence-electron chi connectivity index (χ2n) is 3.03. The van der Waals surface area contributed by atoms with Crippen LogP contribution in [0.5, 0.6) is 0 Å². The van der Waals surface area contributed by atoms with Crippen LogP contribution in [0.4, 0.5) is 10.1 Å². The molecule has 0 aliphatic rings. The first-order valence-electron chi connectivity index (χ1n) is 4.14. The monoisotopic (exact) mass is 192 g/mol. The quantitative estimate of drug-likeness (QED) is 0.705. The molecule has 0 saturated heterocycles. The summed E-state index contributed by atoms with van der Waals surface area (Å²) >= 11 is 0. The molecular weight excluding hydrogens is 183 g/mol. The van der Waals surface area contributed by atoms with Gasteiger partial charge in [0.05, 0.1) is 11.3 Å². The molecule has 1 aromatic heterocycles. The predicted molar refractivity (Wildman–Crippen MR) is 51.0 cm³/mol. The van der Waals surface area contributed by atoms with Crippen LogP contribution >= 0.6 is 0 Å². The summed E-state index contributed by atoms with van der Waals surface area (Å²) in [6.07, 6.45) is 1.48. The first-order valence-corrected chi connectivity index (χ1v) is 4.14. The number of rotatable bonds is 1. The molecule has 0 spiro atoms. The van der Waals surface area contributed by atoms with Crippen molar-refractivity contribution in [3.63, 3.8) is 0 Å². The molecule has 1 heterocycles. The molecule has 0 atom stereocenters. The van der Waals surface area contributed by atoms with Gasteiger partial charge in [-0.05, 0) is 25.1 Å². The van der Waals surface area contributed by atoms with Gasteiger partial charge in [-0.1, -0.05) is 0 Å². The van der Waals surface area contributed by atoms with Crippen LogP contribution in [0.2, 0.25) is 0 Å². The van der Waals surface area contributed by atoms with Crippen molar-refractivity contribution in [3.05, 3.63) is 36.0 Å². The first-order chi connectivity index (χ1) is 6.66. The van der Waals surface area contributed by atoms with Crippen molar-refractivity contribution < 1.29 is 8.81 Å². The smallest absolute Gasteiger partial charge is 0.229 e. The van der Waals surface area contributed by atoms with Crippen LogP contribution in [0.3, 0.4) is 0 Å². The standard InChI is InChI=1S/C10H9FN2O/c1-6-5-14-10(13-6)8-3-2-7(12)4-9(8)11/h2-5H,12H2,1H3. The summed E-state index contributed by atoms with van der Waals surface area (Å²) in [5.41, 5.74) is 6.85. The molecule has 2 rings (SSSR count). The highest BCUT2D eigenvalue weighted by molar-refractivity contribution is 5.58. The Hall–Kier alpha value is -1.84. The van der Waals surface area contributed by atoms with E-state index in [9.17, 15) is 4.39 Å². The van der Waals surface area contributed by atoms with E-state index in [1.54, 1.807) is 19.1 Å². The molecule has 0 aliphatic carbocycles. The predicted octanol–water partition coefficient (Wildman–Crippen LogP) is 2.37. The number of hydrogen-bond donors (Lipinski definition) is 1. The van der Waals surface area contributed by atoms with Gasteiger partial charge in [0.15, 0.2) is 0 Å². The lowest BCUT2D eigenvalue weighted by Crippen LogP contribution is -1.89. The van der Waals surface area contributed by atoms with Crippen LogP contribution < -0.4 is 5.73 Å². The molecule has 0 aliphatic heterocycles. The minimum Gasteiger partial charge on any atom is -0.444 e. The minimum atomic E-state index is -0.424. The minimum absolute atomic E-state index is 0.278. The molecule has 2 aromatic rings. The summed E-state index contributed by atoms with van der Waals surface area (Å²) in [6.45, 7) is 1.78. The molecule has 0 radical (unpaired) electrons. The van der Waals surface area contributed by atoms with Gasteiger partial charge < -0.3 is 10.2 Å². The van der Waals surface area contributed by atoms with Crippen molar-refractivity contribution >= 4 is 5.69 Å². The zero-order chi connectivity index (χ0) is 10.1. The number of hydrogen-bond acceptors (Lipinski definition) is 3. The zero-order valence-electron chi connectivity index (χ0n) is 7.62. The number of anilines is 1. The Bertz CT molecular complexity index is 465. The number of benzene rings is 1. The third-order valence-corrected chi connectivity index (χ3v) is 1.84. The van der Waals surface area contributed by atoms with E-state index in [1.165, 1.54) is 12.3 Å². The first kappa shape index (κ1) is 8.74. The molecule has 4 heteroatoms. The number of oxazole rings is 1. The van der Waals surface area contributed by atoms with Crippen molar-refractivity contribution in [2.24, 2.45) is 0 Å². The van der Waals surface area contributed by atoms with Gasteiger partial charge in [0.1, 0.15) is 12.1 Å². The second-order valence-corrected chi connectivity index (χ2v) is 3.03. The van der Waals surface area contributed by atoms with Crippen molar-refractivity contribution in [2.45, 2.75) is 6.92 Å². The highest BCUT2D eigenvalue weighted by Crippen LogP contribution is 2.23. The highest BCUT2D eigenvalue weighted by Gasteiger charge is 2.09. The molecule has 14 heavy (non-hydrogen) atoms. The fraction of sp³-hybridized carbons (Fsp3) is 0.100. The van der Waals surface area contributed by atoms with Gasteiger partial charge in [0.2, 0.25) is 5.89 Å². The number of halogens is 1. The largest absolute Gasteiger partial charge is 0.444 e. The number of nitrogen functional groups attached to an aromatic ring is 1. The summed E-state index contributed by atoms with van der Waals surface area (Å²) in [5, 5.41) is 0. The normalized spacial score (nSPS) is 10.4. The number of aromatic nitrogens is 1. The molecule has 72 valence electrons. The van der Waals surface area contributed by atoms with Crippen LogP contribution in [0.15, 0.2) is 28.9 Å². The fourth-order valence-corrected chi connectivity index (χ4v) is 1.18. The molecule has 0 saturated carbocycles. The average molecular weight is 192 g/mol. The maximum Gasteiger partial charge on any atom is 0.229 e. The maximum atomic E-state index is 13.4. The van der Waals surface area contributed by atoms with Gasteiger partial charge in [-0.25, -0.2) is 9.37 Å². The van der Waals surface area contributed by atoms with Crippen molar-refractivity contribution in [1.29, 1.82) is 0 Å². The van der Waals surface area contributed by atoms with Gasteiger partial charge in [-0.3, -0.25) is 0 Å². The van der Waals surface area contributed by atoms with Gasteiger partial charge in [-0.15, -0.1) is 0 Å². The fourth-order valence-electron chi connectivity index (χ4n) is 1.18. The van der Waals surface area contributed by atoms with E-state index in [4.69, 9.17) is 10.2 Å². The Labute approximate surface area is 80.4 Å². The molecule has 0 bridgehead atoms. The summed E-state index contributed by atoms with van der Waals surface area (Å²) in [5.74, 6) is -0.146. The van der Waals surface area contributed by atoms with E-state index in [1.807, 2.05) is 0 Å². The molecule has 3 nitrogen and oxygen atoms in total. The Kier molecular flexibility index (Phi) is 1.96. The zero-order valence-corrected chi connectivity index (χ0v) is 7.62. The summed E-state index contributed by atoms with van der Waals surface area (Å²) < 4.78 is 18.4. The van der Waals surface area contributed by atoms with Crippen LogP contribution in [0.25, 0.3) is 11.5 Å². The molecule has 1 aromatic carbocycles. The average Bonchev–Trinajstić information content (AvgIpc) is 2.51. The molecule has 0 unspecified atom stereocenters. The van der Waals surface area contributed by atoms with Crippen LogP contribution in [-0.2, 0) is 0 Å². The van der Waals surface area contributed by atoms with Crippen LogP contribution in [0.1, 0.15) is 5.69 Å². The second kappa shape index (κ2) is 3.14. The lowest BCUT2D eigenvalue weighted by atomic mass is 10.2. The van der Waals surface area contributed by atoms with E-state index in [0.29, 0.717) is 11.3 Å². The number of nitrogens with zero attached hydrogens (tertiary/aromatic N) is 1. The Balaban J connectivity index is 2.52. The number of aryl methyl sites for hydroxylation is 1. The van der Waals surface area contributed by atoms with Gasteiger partial charge in [-0.2, -0.15) is 0 Å². The summed E-state index contributed by atoms with van der Waals surface area (Å²) in [4.78, 5) is 4.02. The van der Waals surface area contributed by atoms with E-state index in [-0.39, 0.29) is 5.89 Å². The Morgan fingerprint density at radius 1 is 1.43 bits per heavy atom. The summed E-state index contributed by atoms with van der Waals surface area (Å²) in [7, 11) is 0. The van der Waals surface area contributed by atoms with Gasteiger partial charge >= 0.3 is 0 Å². The van der Waals surface area contributed by atoms with Crippen LogP contribution in [0, 0.1) is 12.7 Å². The maximum absolute atomic E-state index is 13.4. The number of nitrogens with two attached hydrogens (primary N) is 1. The highest BCUT2D eigenvalue weighted by atomic mass is 19.1. The van der Waals surface area contributed by atoms with Crippen molar-refractivity contribution in [3.8, 4) is 11.5 Å². The Morgan fingerprint density at radius 3 is 2.79 bits per heavy atom. The SMILES string of the molecule is Cc1coc(-c2ccc(N)cc2F)n1. The van der Waals surface area contributed by atoms with E-state index in [0.717, 1.165) is 5.69 Å². The van der Waals surface area contributed by atoms with E-state index < -0.39 is 5.82 Å². The lowest BCUT2D eigenvalue weighted by Gasteiger charge is -1.98. The topological polar surface area (TPSA) is 52.0 Å². The molecular formula is C10H9FN2O. The van der Waals surface area contributed by atoms with Gasteiger partial charge in [0, 0.05) is 5.69 Å². The molecule has 2 N–H and O–H groups in total. The molecule has 0 fully saturated rings. The lowest BCUT2D eigenvalue weighted by molar-refractivity contribution is 0.561. The van der Waals surface area contributed by atoms with Crippen molar-refractivity contribution in [2.75, 3.05) is 5.73 Å².